The van der Waals surface area contributed by atoms with E-state index in [9.17, 15) is 18.0 Å². The fourth-order valence-corrected chi connectivity index (χ4v) is 1.46. The number of halogens is 3. The summed E-state index contributed by atoms with van der Waals surface area (Å²) in [6, 6.07) is 8.49. The largest absolute Gasteiger partial charge is 0.405 e. The van der Waals surface area contributed by atoms with Crippen molar-refractivity contribution in [2.75, 3.05) is 25.0 Å². The minimum Gasteiger partial charge on any atom is -0.364 e. The normalized spacial score (nSPS) is 10.7. The van der Waals surface area contributed by atoms with Crippen LogP contribution in [0.3, 0.4) is 0 Å². The fourth-order valence-electron chi connectivity index (χ4n) is 1.46. The molecule has 0 fully saturated rings. The Kier molecular flexibility index (Phi) is 4.75. The quantitative estimate of drug-likeness (QED) is 0.906. The molecule has 0 aliphatic rings. The molecule has 1 rings (SSSR count). The number of amides is 1. The molecule has 0 radical (unpaired) electrons. The summed E-state index contributed by atoms with van der Waals surface area (Å²) < 4.78 is 35.8. The van der Waals surface area contributed by atoms with Crippen molar-refractivity contribution in [3.05, 3.63) is 29.8 Å². The van der Waals surface area contributed by atoms with Crippen molar-refractivity contribution in [3.8, 4) is 6.07 Å². The lowest BCUT2D eigenvalue weighted by atomic mass is 10.2. The molecule has 102 valence electrons. The van der Waals surface area contributed by atoms with E-state index < -0.39 is 18.6 Å². The molecule has 0 aliphatic carbocycles. The van der Waals surface area contributed by atoms with Gasteiger partial charge in [0.05, 0.1) is 17.8 Å². The maximum Gasteiger partial charge on any atom is 0.405 e. The van der Waals surface area contributed by atoms with E-state index in [1.807, 2.05) is 6.07 Å². The van der Waals surface area contributed by atoms with Crippen molar-refractivity contribution < 1.29 is 18.0 Å². The summed E-state index contributed by atoms with van der Waals surface area (Å²) in [5, 5.41) is 10.7. The number of carbonyl (C=O) groups excluding carboxylic acids is 1. The minimum absolute atomic E-state index is 0.255. The molecule has 0 saturated heterocycles. The van der Waals surface area contributed by atoms with Crippen molar-refractivity contribution in [1.29, 1.82) is 5.26 Å². The lowest BCUT2D eigenvalue weighted by Gasteiger charge is -2.20. The first-order chi connectivity index (χ1) is 8.83. The molecule has 1 aromatic rings. The first kappa shape index (κ1) is 14.8. The highest BCUT2D eigenvalue weighted by molar-refractivity contribution is 5.81. The standard InChI is InChI=1S/C12H12F3N3O/c1-18(7-11(19)17-8-12(13,14)15)10-5-3-2-4-9(10)6-16/h2-5H,7-8H2,1H3,(H,17,19). The number of nitrogens with zero attached hydrogens (tertiary/aromatic N) is 2. The van der Waals surface area contributed by atoms with E-state index in [1.165, 1.54) is 11.9 Å². The first-order valence-corrected chi connectivity index (χ1v) is 5.37. The predicted molar refractivity (Wildman–Crippen MR) is 63.5 cm³/mol. The van der Waals surface area contributed by atoms with E-state index in [0.29, 0.717) is 11.3 Å². The fraction of sp³-hybridized carbons (Fsp3) is 0.333. The lowest BCUT2D eigenvalue weighted by Crippen LogP contribution is -2.40. The van der Waals surface area contributed by atoms with Crippen LogP contribution in [0.15, 0.2) is 24.3 Å². The number of nitriles is 1. The van der Waals surface area contributed by atoms with Crippen LogP contribution in [0.25, 0.3) is 0 Å². The number of para-hydroxylation sites is 1. The van der Waals surface area contributed by atoms with Crippen molar-refractivity contribution in [1.82, 2.24) is 5.32 Å². The molecule has 0 heterocycles. The van der Waals surface area contributed by atoms with Crippen LogP contribution < -0.4 is 10.2 Å². The minimum atomic E-state index is -4.43. The maximum atomic E-state index is 11.9. The van der Waals surface area contributed by atoms with Crippen LogP contribution in [0.5, 0.6) is 0 Å². The molecule has 0 aliphatic heterocycles. The molecule has 1 N–H and O–H groups in total. The van der Waals surface area contributed by atoms with Crippen LogP contribution in [-0.4, -0.2) is 32.2 Å². The van der Waals surface area contributed by atoms with Gasteiger partial charge >= 0.3 is 6.18 Å². The Labute approximate surface area is 108 Å². The monoisotopic (exact) mass is 271 g/mol. The van der Waals surface area contributed by atoms with Gasteiger partial charge in [-0.25, -0.2) is 0 Å². The second kappa shape index (κ2) is 6.09. The molecule has 7 heteroatoms. The van der Waals surface area contributed by atoms with Crippen molar-refractivity contribution in [3.63, 3.8) is 0 Å². The van der Waals surface area contributed by atoms with Crippen LogP contribution in [0.4, 0.5) is 18.9 Å². The second-order valence-corrected chi connectivity index (χ2v) is 3.88. The average Bonchev–Trinajstić information content (AvgIpc) is 2.35. The van der Waals surface area contributed by atoms with Gasteiger partial charge in [0.15, 0.2) is 0 Å². The zero-order valence-electron chi connectivity index (χ0n) is 10.2. The number of hydrogen-bond donors (Lipinski definition) is 1. The van der Waals surface area contributed by atoms with Crippen LogP contribution in [0.1, 0.15) is 5.56 Å². The van der Waals surface area contributed by atoms with Gasteiger partial charge in [0.2, 0.25) is 5.91 Å². The molecule has 0 spiro atoms. The Morgan fingerprint density at radius 2 is 2.05 bits per heavy atom. The first-order valence-electron chi connectivity index (χ1n) is 5.37. The van der Waals surface area contributed by atoms with Gasteiger partial charge in [0.1, 0.15) is 12.6 Å². The Hall–Kier alpha value is -2.23. The summed E-state index contributed by atoms with van der Waals surface area (Å²) in [6.07, 6.45) is -4.43. The predicted octanol–water partition coefficient (Wildman–Crippen LogP) is 1.67. The Bertz CT molecular complexity index is 494. The second-order valence-electron chi connectivity index (χ2n) is 3.88. The summed E-state index contributed by atoms with van der Waals surface area (Å²) in [6.45, 7) is -1.62. The van der Waals surface area contributed by atoms with E-state index in [1.54, 1.807) is 29.6 Å². The van der Waals surface area contributed by atoms with E-state index in [-0.39, 0.29) is 6.54 Å². The van der Waals surface area contributed by atoms with Crippen LogP contribution in [0.2, 0.25) is 0 Å². The number of benzene rings is 1. The van der Waals surface area contributed by atoms with Gasteiger partial charge in [-0.3, -0.25) is 4.79 Å². The molecule has 4 nitrogen and oxygen atoms in total. The summed E-state index contributed by atoms with van der Waals surface area (Å²) in [5.41, 5.74) is 0.848. The molecule has 0 unspecified atom stereocenters. The SMILES string of the molecule is CN(CC(=O)NCC(F)(F)F)c1ccccc1C#N. The highest BCUT2D eigenvalue weighted by atomic mass is 19.4. The number of rotatable bonds is 4. The highest BCUT2D eigenvalue weighted by Gasteiger charge is 2.27. The summed E-state index contributed by atoms with van der Waals surface area (Å²) in [7, 11) is 1.53. The molecular formula is C12H12F3N3O. The van der Waals surface area contributed by atoms with Gasteiger partial charge in [-0.1, -0.05) is 12.1 Å². The van der Waals surface area contributed by atoms with Gasteiger partial charge < -0.3 is 10.2 Å². The van der Waals surface area contributed by atoms with Gasteiger partial charge in [-0.15, -0.1) is 0 Å². The highest BCUT2D eigenvalue weighted by Crippen LogP contribution is 2.17. The molecule has 1 amide bonds. The van der Waals surface area contributed by atoms with E-state index in [2.05, 4.69) is 0 Å². The molecular weight excluding hydrogens is 259 g/mol. The van der Waals surface area contributed by atoms with E-state index in [4.69, 9.17) is 5.26 Å². The Morgan fingerprint density at radius 3 is 2.63 bits per heavy atom. The third-order valence-corrected chi connectivity index (χ3v) is 2.30. The number of alkyl halides is 3. The number of likely N-dealkylation sites (N-methyl/N-ethyl adjacent to an activating group) is 1. The number of nitrogens with one attached hydrogen (secondary N) is 1. The summed E-state index contributed by atoms with van der Waals surface area (Å²) in [4.78, 5) is 12.8. The Balaban J connectivity index is 2.62. The summed E-state index contributed by atoms with van der Waals surface area (Å²) >= 11 is 0. The van der Waals surface area contributed by atoms with Gasteiger partial charge in [0, 0.05) is 7.05 Å². The summed E-state index contributed by atoms with van der Waals surface area (Å²) in [5.74, 6) is -0.757. The van der Waals surface area contributed by atoms with Gasteiger partial charge in [-0.05, 0) is 12.1 Å². The van der Waals surface area contributed by atoms with Crippen molar-refractivity contribution in [2.45, 2.75) is 6.18 Å². The third kappa shape index (κ3) is 4.87. The van der Waals surface area contributed by atoms with E-state index >= 15 is 0 Å². The van der Waals surface area contributed by atoms with Crippen LogP contribution >= 0.6 is 0 Å². The smallest absolute Gasteiger partial charge is 0.364 e. The zero-order valence-corrected chi connectivity index (χ0v) is 10.2. The van der Waals surface area contributed by atoms with Crippen LogP contribution in [-0.2, 0) is 4.79 Å². The van der Waals surface area contributed by atoms with Gasteiger partial charge in [0.25, 0.3) is 0 Å². The lowest BCUT2D eigenvalue weighted by molar-refractivity contribution is -0.137. The molecule has 19 heavy (non-hydrogen) atoms. The van der Waals surface area contributed by atoms with Crippen molar-refractivity contribution >= 4 is 11.6 Å². The topological polar surface area (TPSA) is 56.1 Å². The van der Waals surface area contributed by atoms with E-state index in [0.717, 1.165) is 0 Å². The average molecular weight is 271 g/mol. The number of hydrogen-bond acceptors (Lipinski definition) is 3. The molecule has 1 aromatic carbocycles. The maximum absolute atomic E-state index is 11.9. The Morgan fingerprint density at radius 1 is 1.42 bits per heavy atom. The molecule has 0 bridgehead atoms. The molecule has 0 atom stereocenters. The third-order valence-electron chi connectivity index (χ3n) is 2.30. The van der Waals surface area contributed by atoms with Crippen LogP contribution in [0, 0.1) is 11.3 Å². The van der Waals surface area contributed by atoms with Gasteiger partial charge in [-0.2, -0.15) is 18.4 Å². The van der Waals surface area contributed by atoms with Crippen molar-refractivity contribution in [2.24, 2.45) is 0 Å². The molecule has 0 saturated carbocycles. The zero-order chi connectivity index (χ0) is 14.5. The number of anilines is 1. The molecule has 0 aromatic heterocycles. The number of carbonyl (C=O) groups is 1.